The van der Waals surface area contributed by atoms with Gasteiger partial charge in [0.2, 0.25) is 0 Å². The summed E-state index contributed by atoms with van der Waals surface area (Å²) in [6.45, 7) is 6.29. The van der Waals surface area contributed by atoms with E-state index in [-0.39, 0.29) is 0 Å². The lowest BCUT2D eigenvalue weighted by Crippen LogP contribution is -1.83. The van der Waals surface area contributed by atoms with Crippen molar-refractivity contribution in [2.45, 2.75) is 20.8 Å². The van der Waals surface area contributed by atoms with E-state index in [0.29, 0.717) is 5.92 Å². The van der Waals surface area contributed by atoms with E-state index in [1.165, 1.54) is 5.56 Å². The quantitative estimate of drug-likeness (QED) is 0.512. The molecule has 0 unspecified atom stereocenters. The molecule has 2 rings (SSSR count). The van der Waals surface area contributed by atoms with Gasteiger partial charge in [-0.15, -0.1) is 5.73 Å². The molecule has 2 aromatic rings. The van der Waals surface area contributed by atoms with E-state index in [0.717, 1.165) is 16.7 Å². The Morgan fingerprint density at radius 1 is 0.905 bits per heavy atom. The predicted octanol–water partition coefficient (Wildman–Crippen LogP) is 5.33. The van der Waals surface area contributed by atoms with Gasteiger partial charge >= 0.3 is 0 Å². The van der Waals surface area contributed by atoms with Gasteiger partial charge in [-0.1, -0.05) is 73.7 Å². The van der Waals surface area contributed by atoms with Crippen LogP contribution in [0.25, 0.3) is 12.2 Å². The molecule has 0 radical (unpaired) electrons. The molecule has 0 saturated carbocycles. The zero-order valence-corrected chi connectivity index (χ0v) is 12.9. The van der Waals surface area contributed by atoms with Crippen molar-refractivity contribution in [2.75, 3.05) is 0 Å². The van der Waals surface area contributed by atoms with Crippen LogP contribution in [0, 0.1) is 24.7 Å². The highest BCUT2D eigenvalue weighted by Gasteiger charge is 1.94. The normalized spacial score (nSPS) is 9.52. The summed E-state index contributed by atoms with van der Waals surface area (Å²) in [4.78, 5) is 0. The molecular formula is C21H20. The maximum Gasteiger partial charge on any atom is 0.0323 e. The van der Waals surface area contributed by atoms with Crippen LogP contribution in [-0.2, 0) is 0 Å². The first-order chi connectivity index (χ1) is 10.1. The molecule has 0 nitrogen and oxygen atoms in total. The smallest absolute Gasteiger partial charge is 0.0323 e. The van der Waals surface area contributed by atoms with Crippen LogP contribution >= 0.6 is 0 Å². The monoisotopic (exact) mass is 272 g/mol. The molecule has 0 atom stereocenters. The zero-order valence-electron chi connectivity index (χ0n) is 12.9. The fourth-order valence-corrected chi connectivity index (χ4v) is 1.85. The van der Waals surface area contributed by atoms with Crippen molar-refractivity contribution in [3.8, 4) is 11.8 Å². The molecule has 0 aliphatic heterocycles. The molecule has 0 aliphatic rings. The molecule has 21 heavy (non-hydrogen) atoms. The van der Waals surface area contributed by atoms with Gasteiger partial charge < -0.3 is 0 Å². The molecule has 104 valence electrons. The van der Waals surface area contributed by atoms with Crippen molar-refractivity contribution >= 4 is 12.2 Å². The van der Waals surface area contributed by atoms with Gasteiger partial charge in [0, 0.05) is 11.5 Å². The average molecular weight is 272 g/mol. The van der Waals surface area contributed by atoms with Crippen molar-refractivity contribution in [2.24, 2.45) is 5.92 Å². The number of aryl methyl sites for hydroxylation is 1. The lowest BCUT2D eigenvalue weighted by molar-refractivity contribution is 0.866. The Morgan fingerprint density at radius 2 is 1.62 bits per heavy atom. The minimum absolute atomic E-state index is 0.380. The highest BCUT2D eigenvalue weighted by Crippen LogP contribution is 2.10. The number of hydrogen-bond acceptors (Lipinski definition) is 0. The summed E-state index contributed by atoms with van der Waals surface area (Å²) in [5.74, 6) is 6.82. The molecule has 0 N–H and O–H groups in total. The number of rotatable bonds is 2. The van der Waals surface area contributed by atoms with E-state index < -0.39 is 0 Å². The highest BCUT2D eigenvalue weighted by molar-refractivity contribution is 5.62. The highest BCUT2D eigenvalue weighted by atomic mass is 14.0. The predicted molar refractivity (Wildman–Crippen MR) is 91.8 cm³/mol. The van der Waals surface area contributed by atoms with Gasteiger partial charge in [-0.2, -0.15) is 0 Å². The molecule has 0 spiro atoms. The third-order valence-electron chi connectivity index (χ3n) is 3.02. The second-order valence-corrected chi connectivity index (χ2v) is 5.38. The molecule has 0 bridgehead atoms. The summed E-state index contributed by atoms with van der Waals surface area (Å²) in [5, 5.41) is 0. The van der Waals surface area contributed by atoms with E-state index in [1.807, 2.05) is 24.3 Å². The van der Waals surface area contributed by atoms with Gasteiger partial charge in [-0.3, -0.25) is 0 Å². The molecule has 0 amide bonds. The van der Waals surface area contributed by atoms with Gasteiger partial charge in [-0.25, -0.2) is 0 Å². The summed E-state index contributed by atoms with van der Waals surface area (Å²) in [7, 11) is 0. The summed E-state index contributed by atoms with van der Waals surface area (Å²) in [6, 6.07) is 16.6. The van der Waals surface area contributed by atoms with Crippen LogP contribution in [0.15, 0.2) is 54.3 Å². The van der Waals surface area contributed by atoms with Crippen molar-refractivity contribution in [3.63, 3.8) is 0 Å². The Morgan fingerprint density at radius 3 is 2.33 bits per heavy atom. The van der Waals surface area contributed by atoms with Gasteiger partial charge in [0.1, 0.15) is 0 Å². The molecule has 0 aliphatic carbocycles. The Hall–Kier alpha value is -2.48. The fraction of sp³-hybridized carbons (Fsp3) is 0.190. The topological polar surface area (TPSA) is 0 Å². The Bertz CT molecular complexity index is 713. The van der Waals surface area contributed by atoms with Crippen molar-refractivity contribution in [1.29, 1.82) is 0 Å². The minimum atomic E-state index is 0.380. The van der Waals surface area contributed by atoms with Crippen LogP contribution < -0.4 is 0 Å². The zero-order chi connectivity index (χ0) is 15.1. The van der Waals surface area contributed by atoms with Crippen LogP contribution in [-0.4, -0.2) is 0 Å². The second kappa shape index (κ2) is 7.34. The maximum atomic E-state index is 3.25. The molecule has 2 aromatic carbocycles. The molecule has 0 heterocycles. The molecule has 0 aromatic heterocycles. The first kappa shape index (κ1) is 14.9. The molecule has 0 saturated heterocycles. The van der Waals surface area contributed by atoms with Gasteiger partial charge in [0.15, 0.2) is 0 Å². The summed E-state index contributed by atoms with van der Waals surface area (Å²) >= 11 is 0. The molecule has 0 heteroatoms. The lowest BCUT2D eigenvalue weighted by atomic mass is 10.1. The standard InChI is InChI=1S/C21H20/c1-17(2)11-16-21-9-5-4-8-20(21)10-6-7-19-14-12-18(3)13-15-19/h4-5,7-10,12-15,17H,1-3H3. The molecular weight excluding hydrogens is 252 g/mol. The third kappa shape index (κ3) is 4.84. The number of benzene rings is 2. The van der Waals surface area contributed by atoms with Crippen LogP contribution in [0.2, 0.25) is 0 Å². The van der Waals surface area contributed by atoms with Gasteiger partial charge in [0.25, 0.3) is 0 Å². The van der Waals surface area contributed by atoms with Crippen molar-refractivity contribution in [3.05, 3.63) is 76.5 Å². The van der Waals surface area contributed by atoms with E-state index in [9.17, 15) is 0 Å². The first-order valence-electron chi connectivity index (χ1n) is 7.25. The van der Waals surface area contributed by atoms with E-state index >= 15 is 0 Å². The minimum Gasteiger partial charge on any atom is -0.120 e. The van der Waals surface area contributed by atoms with Crippen LogP contribution in [0.4, 0.5) is 0 Å². The van der Waals surface area contributed by atoms with E-state index in [2.05, 4.69) is 74.7 Å². The third-order valence-corrected chi connectivity index (χ3v) is 3.02. The summed E-state index contributed by atoms with van der Waals surface area (Å²) in [6.07, 6.45) is 3.98. The maximum absolute atomic E-state index is 3.25. The Labute approximate surface area is 127 Å². The van der Waals surface area contributed by atoms with Crippen LogP contribution in [0.3, 0.4) is 0 Å². The van der Waals surface area contributed by atoms with Crippen molar-refractivity contribution < 1.29 is 0 Å². The molecule has 0 fully saturated rings. The van der Waals surface area contributed by atoms with E-state index in [4.69, 9.17) is 0 Å². The van der Waals surface area contributed by atoms with E-state index in [1.54, 1.807) is 0 Å². The average Bonchev–Trinajstić information content (AvgIpc) is 2.48. The Kier molecular flexibility index (Phi) is 5.22. The van der Waals surface area contributed by atoms with Gasteiger partial charge in [-0.05, 0) is 36.3 Å². The summed E-state index contributed by atoms with van der Waals surface area (Å²) in [5.41, 5.74) is 7.83. The largest absolute Gasteiger partial charge is 0.120 e. The first-order valence-corrected chi connectivity index (χ1v) is 7.25. The fourth-order valence-electron chi connectivity index (χ4n) is 1.85. The lowest BCUT2D eigenvalue weighted by Gasteiger charge is -1.97. The van der Waals surface area contributed by atoms with Crippen LogP contribution in [0.5, 0.6) is 0 Å². The number of hydrogen-bond donors (Lipinski definition) is 0. The second-order valence-electron chi connectivity index (χ2n) is 5.38. The SMILES string of the molecule is Cc1ccc(C=C=Cc2ccccc2C#CC(C)C)cc1. The Balaban J connectivity index is 2.25. The van der Waals surface area contributed by atoms with Gasteiger partial charge in [0.05, 0.1) is 0 Å². The van der Waals surface area contributed by atoms with Crippen molar-refractivity contribution in [1.82, 2.24) is 0 Å². The van der Waals surface area contributed by atoms with Crippen LogP contribution in [0.1, 0.15) is 36.1 Å². The summed E-state index contributed by atoms with van der Waals surface area (Å²) < 4.78 is 0.